The minimum atomic E-state index is 0.685. The van der Waals surface area contributed by atoms with Crippen LogP contribution in [0.15, 0.2) is 73.3 Å². The zero-order chi connectivity index (χ0) is 18.9. The van der Waals surface area contributed by atoms with Gasteiger partial charge in [0.15, 0.2) is 0 Å². The minimum Gasteiger partial charge on any atom is -0.376 e. The SMILES string of the molecule is C=C[C@H]1CC[C@H](c2ccc(-c3ccc(COCC/C=C/C)cc3)cc2)CC1. The molecule has 27 heavy (non-hydrogen) atoms. The van der Waals surface area contributed by atoms with Crippen LogP contribution in [0.2, 0.25) is 0 Å². The van der Waals surface area contributed by atoms with Gasteiger partial charge in [-0.1, -0.05) is 66.8 Å². The molecular formula is C26H32O. The summed E-state index contributed by atoms with van der Waals surface area (Å²) in [6.07, 6.45) is 12.5. The average molecular weight is 361 g/mol. The summed E-state index contributed by atoms with van der Waals surface area (Å²) in [5, 5.41) is 0. The van der Waals surface area contributed by atoms with Gasteiger partial charge in [0.2, 0.25) is 0 Å². The summed E-state index contributed by atoms with van der Waals surface area (Å²) < 4.78 is 5.71. The van der Waals surface area contributed by atoms with Crippen molar-refractivity contribution in [1.29, 1.82) is 0 Å². The van der Waals surface area contributed by atoms with Crippen LogP contribution in [0.4, 0.5) is 0 Å². The van der Waals surface area contributed by atoms with Crippen LogP contribution in [-0.2, 0) is 11.3 Å². The summed E-state index contributed by atoms with van der Waals surface area (Å²) in [5.41, 5.74) is 5.29. The predicted octanol–water partition coefficient (Wildman–Crippen LogP) is 7.30. The van der Waals surface area contributed by atoms with E-state index in [1.165, 1.54) is 47.9 Å². The Bertz CT molecular complexity index is 716. The smallest absolute Gasteiger partial charge is 0.0717 e. The molecule has 1 aliphatic rings. The van der Waals surface area contributed by atoms with Crippen LogP contribution >= 0.6 is 0 Å². The molecule has 1 aliphatic carbocycles. The van der Waals surface area contributed by atoms with Gasteiger partial charge in [-0.3, -0.25) is 0 Å². The third-order valence-corrected chi connectivity index (χ3v) is 5.71. The van der Waals surface area contributed by atoms with E-state index in [0.717, 1.165) is 24.9 Å². The van der Waals surface area contributed by atoms with Crippen LogP contribution in [0.1, 0.15) is 56.1 Å². The monoisotopic (exact) mass is 360 g/mol. The highest BCUT2D eigenvalue weighted by molar-refractivity contribution is 5.64. The van der Waals surface area contributed by atoms with Gasteiger partial charge in [0.1, 0.15) is 0 Å². The van der Waals surface area contributed by atoms with Gasteiger partial charge in [-0.05, 0) is 73.1 Å². The number of ether oxygens (including phenoxy) is 1. The molecule has 1 heteroatoms. The molecule has 0 aliphatic heterocycles. The highest BCUT2D eigenvalue weighted by Crippen LogP contribution is 2.36. The Morgan fingerprint density at radius 2 is 1.56 bits per heavy atom. The minimum absolute atomic E-state index is 0.685. The normalized spacial score (nSPS) is 20.0. The summed E-state index contributed by atoms with van der Waals surface area (Å²) in [4.78, 5) is 0. The zero-order valence-electron chi connectivity index (χ0n) is 16.6. The van der Waals surface area contributed by atoms with Crippen LogP contribution in [0.25, 0.3) is 11.1 Å². The van der Waals surface area contributed by atoms with E-state index in [2.05, 4.69) is 73.3 Å². The van der Waals surface area contributed by atoms with Crippen molar-refractivity contribution in [2.75, 3.05) is 6.61 Å². The van der Waals surface area contributed by atoms with Gasteiger partial charge in [0, 0.05) is 0 Å². The largest absolute Gasteiger partial charge is 0.376 e. The first kappa shape index (κ1) is 19.6. The molecule has 0 saturated heterocycles. The lowest BCUT2D eigenvalue weighted by molar-refractivity contribution is 0.125. The number of rotatable bonds is 8. The van der Waals surface area contributed by atoms with E-state index in [4.69, 9.17) is 4.74 Å². The van der Waals surface area contributed by atoms with Gasteiger partial charge in [-0.25, -0.2) is 0 Å². The highest BCUT2D eigenvalue weighted by Gasteiger charge is 2.20. The molecule has 0 bridgehead atoms. The molecule has 0 aromatic heterocycles. The number of allylic oxidation sites excluding steroid dienone is 2. The van der Waals surface area contributed by atoms with Crippen molar-refractivity contribution in [3.8, 4) is 11.1 Å². The van der Waals surface area contributed by atoms with Crippen molar-refractivity contribution in [2.24, 2.45) is 5.92 Å². The predicted molar refractivity (Wildman–Crippen MR) is 116 cm³/mol. The van der Waals surface area contributed by atoms with Gasteiger partial charge >= 0.3 is 0 Å². The molecule has 0 amide bonds. The van der Waals surface area contributed by atoms with E-state index in [1.807, 2.05) is 6.92 Å². The van der Waals surface area contributed by atoms with Crippen LogP contribution in [0.3, 0.4) is 0 Å². The fourth-order valence-corrected chi connectivity index (χ4v) is 3.94. The molecule has 0 atom stereocenters. The molecule has 0 unspecified atom stereocenters. The molecule has 1 fully saturated rings. The van der Waals surface area contributed by atoms with Crippen molar-refractivity contribution >= 4 is 0 Å². The van der Waals surface area contributed by atoms with E-state index >= 15 is 0 Å². The maximum atomic E-state index is 5.71. The Morgan fingerprint density at radius 1 is 0.926 bits per heavy atom. The van der Waals surface area contributed by atoms with Crippen molar-refractivity contribution in [3.63, 3.8) is 0 Å². The summed E-state index contributed by atoms with van der Waals surface area (Å²) in [6, 6.07) is 18.0. The van der Waals surface area contributed by atoms with Crippen molar-refractivity contribution in [2.45, 2.75) is 51.6 Å². The second kappa shape index (κ2) is 10.3. The molecule has 0 heterocycles. The molecule has 3 rings (SSSR count). The first-order valence-electron chi connectivity index (χ1n) is 10.3. The molecule has 142 valence electrons. The second-order valence-electron chi connectivity index (χ2n) is 7.58. The summed E-state index contributed by atoms with van der Waals surface area (Å²) in [7, 11) is 0. The Hall–Kier alpha value is -2.12. The molecule has 2 aromatic carbocycles. The summed E-state index contributed by atoms with van der Waals surface area (Å²) in [6.45, 7) is 7.46. The van der Waals surface area contributed by atoms with Crippen molar-refractivity contribution in [1.82, 2.24) is 0 Å². The first-order chi connectivity index (χ1) is 13.3. The Morgan fingerprint density at radius 3 is 2.15 bits per heavy atom. The van der Waals surface area contributed by atoms with E-state index in [9.17, 15) is 0 Å². The summed E-state index contributed by atoms with van der Waals surface area (Å²) >= 11 is 0. The maximum Gasteiger partial charge on any atom is 0.0717 e. The van der Waals surface area contributed by atoms with Gasteiger partial charge < -0.3 is 4.74 Å². The second-order valence-corrected chi connectivity index (χ2v) is 7.58. The van der Waals surface area contributed by atoms with E-state index in [0.29, 0.717) is 6.61 Å². The summed E-state index contributed by atoms with van der Waals surface area (Å²) in [5.74, 6) is 1.45. The van der Waals surface area contributed by atoms with E-state index in [-0.39, 0.29) is 0 Å². The van der Waals surface area contributed by atoms with Gasteiger partial charge in [0.25, 0.3) is 0 Å². The van der Waals surface area contributed by atoms with Gasteiger partial charge in [-0.15, -0.1) is 6.58 Å². The lowest BCUT2D eigenvalue weighted by Crippen LogP contribution is -2.11. The average Bonchev–Trinajstić information content (AvgIpc) is 2.74. The van der Waals surface area contributed by atoms with Crippen LogP contribution in [0, 0.1) is 5.92 Å². The molecule has 0 N–H and O–H groups in total. The maximum absolute atomic E-state index is 5.71. The fraction of sp³-hybridized carbons (Fsp3) is 0.385. The van der Waals surface area contributed by atoms with E-state index in [1.54, 1.807) is 0 Å². The van der Waals surface area contributed by atoms with Crippen LogP contribution in [0.5, 0.6) is 0 Å². The molecule has 0 radical (unpaired) electrons. The van der Waals surface area contributed by atoms with Crippen molar-refractivity contribution in [3.05, 3.63) is 84.5 Å². The molecule has 1 nitrogen and oxygen atoms in total. The number of benzene rings is 2. The topological polar surface area (TPSA) is 9.23 Å². The van der Waals surface area contributed by atoms with Crippen LogP contribution in [-0.4, -0.2) is 6.61 Å². The molecule has 2 aromatic rings. The first-order valence-corrected chi connectivity index (χ1v) is 10.3. The van der Waals surface area contributed by atoms with Gasteiger partial charge in [-0.2, -0.15) is 0 Å². The highest BCUT2D eigenvalue weighted by atomic mass is 16.5. The molecule has 0 spiro atoms. The Labute approximate surface area is 164 Å². The standard InChI is InChI=1S/C26H32O/c1-3-5-6-19-27-20-22-9-13-24(14-10-22)26-17-15-25(16-18-26)23-11-7-21(4-2)8-12-23/h3-5,9-10,13-18,21,23H,2,6-8,11-12,19-20H2,1H3/b5-3+/t21-,23-. The zero-order valence-corrected chi connectivity index (χ0v) is 16.6. The fourth-order valence-electron chi connectivity index (χ4n) is 3.94. The lowest BCUT2D eigenvalue weighted by Gasteiger charge is -2.27. The lowest BCUT2D eigenvalue weighted by atomic mass is 9.78. The van der Waals surface area contributed by atoms with Crippen LogP contribution < -0.4 is 0 Å². The molecule has 1 saturated carbocycles. The third kappa shape index (κ3) is 5.68. The van der Waals surface area contributed by atoms with Crippen molar-refractivity contribution < 1.29 is 4.74 Å². The number of hydrogen-bond acceptors (Lipinski definition) is 1. The number of hydrogen-bond donors (Lipinski definition) is 0. The Kier molecular flexibility index (Phi) is 7.47. The Balaban J connectivity index is 1.54. The third-order valence-electron chi connectivity index (χ3n) is 5.71. The van der Waals surface area contributed by atoms with E-state index < -0.39 is 0 Å². The molecular weight excluding hydrogens is 328 g/mol. The van der Waals surface area contributed by atoms with Gasteiger partial charge in [0.05, 0.1) is 13.2 Å². The quantitative estimate of drug-likeness (QED) is 0.354.